The molecular weight excluding hydrogens is 342 g/mol. The van der Waals surface area contributed by atoms with E-state index in [2.05, 4.69) is 9.88 Å². The van der Waals surface area contributed by atoms with Crippen LogP contribution in [0.4, 0.5) is 0 Å². The van der Waals surface area contributed by atoms with Crippen molar-refractivity contribution in [2.75, 3.05) is 27.2 Å². The number of hydrogen-bond acceptors (Lipinski definition) is 6. The Bertz CT molecular complexity index is 764. The lowest BCUT2D eigenvalue weighted by atomic mass is 10.2. The molecule has 7 heteroatoms. The number of carbonyl (C=O) groups excluding carboxylic acids is 1. The van der Waals surface area contributed by atoms with Crippen molar-refractivity contribution in [1.82, 2.24) is 14.8 Å². The van der Waals surface area contributed by atoms with Gasteiger partial charge in [0.15, 0.2) is 17.8 Å². The fourth-order valence-electron chi connectivity index (χ4n) is 2.29. The van der Waals surface area contributed by atoms with E-state index in [9.17, 15) is 4.79 Å². The summed E-state index contributed by atoms with van der Waals surface area (Å²) in [6, 6.07) is 7.92. The van der Waals surface area contributed by atoms with Gasteiger partial charge < -0.3 is 14.2 Å². The zero-order chi connectivity index (χ0) is 16.9. The monoisotopic (exact) mass is 361 g/mol. The summed E-state index contributed by atoms with van der Waals surface area (Å²) in [5.41, 5.74) is 0.382. The maximum Gasteiger partial charge on any atom is 0.276 e. The molecule has 0 unspecified atom stereocenters. The topological polar surface area (TPSA) is 49.6 Å². The normalized spacial score (nSPS) is 11.1. The minimum absolute atomic E-state index is 0.0950. The molecule has 0 bridgehead atoms. The average Bonchev–Trinajstić information content (AvgIpc) is 3.32. The second-order valence-electron chi connectivity index (χ2n) is 5.62. The fourth-order valence-corrected chi connectivity index (χ4v) is 3.73. The number of oxazole rings is 1. The third-order valence-corrected chi connectivity index (χ3v) is 5.28. The van der Waals surface area contributed by atoms with Crippen LogP contribution in [0, 0.1) is 0 Å². The Morgan fingerprint density at radius 3 is 2.62 bits per heavy atom. The summed E-state index contributed by atoms with van der Waals surface area (Å²) in [5, 5.41) is 3.98. The predicted molar refractivity (Wildman–Crippen MR) is 97.4 cm³/mol. The molecule has 24 heavy (non-hydrogen) atoms. The molecule has 0 radical (unpaired) electrons. The van der Waals surface area contributed by atoms with Gasteiger partial charge in [0.05, 0.1) is 11.4 Å². The highest BCUT2D eigenvalue weighted by atomic mass is 32.1. The molecule has 3 aromatic rings. The Morgan fingerprint density at radius 1 is 1.17 bits per heavy atom. The van der Waals surface area contributed by atoms with Crippen molar-refractivity contribution < 1.29 is 9.21 Å². The molecule has 0 N–H and O–H groups in total. The molecule has 0 saturated carbocycles. The first-order valence-electron chi connectivity index (χ1n) is 7.59. The van der Waals surface area contributed by atoms with Crippen LogP contribution in [0.5, 0.6) is 0 Å². The van der Waals surface area contributed by atoms with Crippen molar-refractivity contribution >= 4 is 28.6 Å². The van der Waals surface area contributed by atoms with Gasteiger partial charge in [0.2, 0.25) is 0 Å². The molecule has 1 amide bonds. The first-order valence-corrected chi connectivity index (χ1v) is 9.35. The molecule has 0 saturated heterocycles. The third-order valence-electron chi connectivity index (χ3n) is 3.55. The zero-order valence-corrected chi connectivity index (χ0v) is 15.3. The number of aromatic nitrogens is 1. The van der Waals surface area contributed by atoms with Gasteiger partial charge in [0.25, 0.3) is 5.91 Å². The van der Waals surface area contributed by atoms with Crippen molar-refractivity contribution in [2.45, 2.75) is 6.54 Å². The second kappa shape index (κ2) is 7.74. The first-order chi connectivity index (χ1) is 11.6. The van der Waals surface area contributed by atoms with Crippen LogP contribution < -0.4 is 0 Å². The molecule has 3 aromatic heterocycles. The van der Waals surface area contributed by atoms with Crippen LogP contribution in [-0.2, 0) is 6.54 Å². The van der Waals surface area contributed by atoms with Gasteiger partial charge in [-0.25, -0.2) is 4.98 Å². The molecule has 0 aliphatic carbocycles. The summed E-state index contributed by atoms with van der Waals surface area (Å²) in [4.78, 5) is 23.2. The van der Waals surface area contributed by atoms with Crippen molar-refractivity contribution in [2.24, 2.45) is 0 Å². The number of thiophene rings is 2. The molecule has 5 nitrogen and oxygen atoms in total. The number of hydrogen-bond donors (Lipinski definition) is 0. The van der Waals surface area contributed by atoms with Crippen LogP contribution in [0.2, 0.25) is 0 Å². The van der Waals surface area contributed by atoms with Gasteiger partial charge in [0.1, 0.15) is 0 Å². The minimum atomic E-state index is -0.0950. The smallest absolute Gasteiger partial charge is 0.276 e. The van der Waals surface area contributed by atoms with Gasteiger partial charge in [-0.2, -0.15) is 0 Å². The van der Waals surface area contributed by atoms with Gasteiger partial charge in [-0.15, -0.1) is 22.7 Å². The molecule has 0 aromatic carbocycles. The Morgan fingerprint density at radius 2 is 1.96 bits per heavy atom. The Kier molecular flexibility index (Phi) is 5.44. The van der Waals surface area contributed by atoms with Crippen molar-refractivity contribution in [3.05, 3.63) is 52.0 Å². The van der Waals surface area contributed by atoms with Crippen LogP contribution in [0.15, 0.2) is 45.8 Å². The molecule has 3 heterocycles. The van der Waals surface area contributed by atoms with Crippen molar-refractivity contribution in [1.29, 1.82) is 0 Å². The number of likely N-dealkylation sites (N-methyl/N-ethyl adjacent to an activating group) is 1. The molecule has 0 fully saturated rings. The maximum absolute atomic E-state index is 13.1. The Hall–Kier alpha value is -1.96. The highest BCUT2D eigenvalue weighted by Crippen LogP contribution is 2.28. The molecule has 3 rings (SSSR count). The van der Waals surface area contributed by atoms with E-state index < -0.39 is 0 Å². The Labute approximate surface area is 149 Å². The van der Waals surface area contributed by atoms with E-state index >= 15 is 0 Å². The summed E-state index contributed by atoms with van der Waals surface area (Å²) in [6.45, 7) is 2.02. The van der Waals surface area contributed by atoms with Crippen LogP contribution in [0.3, 0.4) is 0 Å². The van der Waals surface area contributed by atoms with E-state index in [-0.39, 0.29) is 5.91 Å². The summed E-state index contributed by atoms with van der Waals surface area (Å²) < 4.78 is 5.49. The summed E-state index contributed by atoms with van der Waals surface area (Å²) in [5.74, 6) is 0.457. The quantitative estimate of drug-likeness (QED) is 0.644. The molecule has 0 atom stereocenters. The van der Waals surface area contributed by atoms with Crippen molar-refractivity contribution in [3.8, 4) is 10.6 Å². The van der Waals surface area contributed by atoms with Crippen LogP contribution in [0.1, 0.15) is 15.4 Å². The number of rotatable bonds is 7. The van der Waals surface area contributed by atoms with Gasteiger partial charge in [-0.05, 0) is 37.0 Å². The third kappa shape index (κ3) is 3.92. The standard InChI is InChI=1S/C17H19N3O2S2/c1-19(2)7-8-20(11-13-5-3-9-23-13)17(21)15-16(22-12-18-15)14-6-4-10-24-14/h3-6,9-10,12H,7-8,11H2,1-2H3. The van der Waals surface area contributed by atoms with Gasteiger partial charge in [-0.1, -0.05) is 12.1 Å². The maximum atomic E-state index is 13.1. The highest BCUT2D eigenvalue weighted by molar-refractivity contribution is 7.13. The summed E-state index contributed by atoms with van der Waals surface area (Å²) in [6.07, 6.45) is 1.34. The zero-order valence-electron chi connectivity index (χ0n) is 13.6. The van der Waals surface area contributed by atoms with E-state index in [4.69, 9.17) is 4.42 Å². The van der Waals surface area contributed by atoms with Crippen molar-refractivity contribution in [3.63, 3.8) is 0 Å². The van der Waals surface area contributed by atoms with Crippen LogP contribution in [0.25, 0.3) is 10.6 Å². The molecule has 0 aliphatic rings. The van der Waals surface area contributed by atoms with E-state index in [1.165, 1.54) is 17.7 Å². The van der Waals surface area contributed by atoms with Crippen LogP contribution in [-0.4, -0.2) is 47.9 Å². The SMILES string of the molecule is CN(C)CCN(Cc1cccs1)C(=O)c1ncoc1-c1cccs1. The lowest BCUT2D eigenvalue weighted by Gasteiger charge is -2.23. The van der Waals surface area contributed by atoms with Gasteiger partial charge in [-0.3, -0.25) is 4.79 Å². The predicted octanol–water partition coefficient (Wildman–Crippen LogP) is 3.67. The number of nitrogens with zero attached hydrogens (tertiary/aromatic N) is 3. The lowest BCUT2D eigenvalue weighted by molar-refractivity contribution is 0.0729. The minimum Gasteiger partial charge on any atom is -0.442 e. The molecule has 126 valence electrons. The molecular formula is C17H19N3O2S2. The van der Waals surface area contributed by atoms with Gasteiger partial charge in [0, 0.05) is 18.0 Å². The Balaban J connectivity index is 1.84. The van der Waals surface area contributed by atoms with E-state index in [1.54, 1.807) is 11.3 Å². The van der Waals surface area contributed by atoms with Gasteiger partial charge >= 0.3 is 0 Å². The van der Waals surface area contributed by atoms with Crippen LogP contribution >= 0.6 is 22.7 Å². The summed E-state index contributed by atoms with van der Waals surface area (Å²) in [7, 11) is 4.00. The molecule has 0 spiro atoms. The highest BCUT2D eigenvalue weighted by Gasteiger charge is 2.24. The lowest BCUT2D eigenvalue weighted by Crippen LogP contribution is -2.36. The van der Waals surface area contributed by atoms with E-state index in [0.717, 1.165) is 16.3 Å². The molecule has 0 aliphatic heterocycles. The fraction of sp³-hybridized carbons (Fsp3) is 0.294. The number of amides is 1. The largest absolute Gasteiger partial charge is 0.442 e. The summed E-state index contributed by atoms with van der Waals surface area (Å²) >= 11 is 3.19. The first kappa shape index (κ1) is 16.9. The van der Waals surface area contributed by atoms with E-state index in [1.807, 2.05) is 54.0 Å². The number of carbonyl (C=O) groups is 1. The average molecular weight is 361 g/mol. The van der Waals surface area contributed by atoms with E-state index in [0.29, 0.717) is 24.5 Å². The second-order valence-corrected chi connectivity index (χ2v) is 7.60.